The van der Waals surface area contributed by atoms with Gasteiger partial charge in [0.1, 0.15) is 11.6 Å². The van der Waals surface area contributed by atoms with Gasteiger partial charge in [-0.2, -0.15) is 0 Å². The van der Waals surface area contributed by atoms with Gasteiger partial charge in [0.05, 0.1) is 16.6 Å². The molecule has 1 saturated carbocycles. The van der Waals surface area contributed by atoms with Gasteiger partial charge in [-0.1, -0.05) is 20.8 Å². The van der Waals surface area contributed by atoms with Crippen LogP contribution >= 0.6 is 22.7 Å². The lowest BCUT2D eigenvalue weighted by Crippen LogP contribution is -2.31. The van der Waals surface area contributed by atoms with Crippen molar-refractivity contribution >= 4 is 37.9 Å². The van der Waals surface area contributed by atoms with Crippen LogP contribution in [0.4, 0.5) is 8.78 Å². The third-order valence-corrected chi connectivity index (χ3v) is 8.67. The number of hydrogen-bond donors (Lipinski definition) is 1. The first-order valence-electron chi connectivity index (χ1n) is 10.5. The van der Waals surface area contributed by atoms with Crippen molar-refractivity contribution in [1.29, 1.82) is 0 Å². The van der Waals surface area contributed by atoms with E-state index in [-0.39, 0.29) is 48.7 Å². The van der Waals surface area contributed by atoms with Crippen LogP contribution in [0.25, 0.3) is 20.7 Å². The minimum absolute atomic E-state index is 0.0830. The summed E-state index contributed by atoms with van der Waals surface area (Å²) in [4.78, 5) is 21.1. The zero-order valence-electron chi connectivity index (χ0n) is 17.9. The fraction of sp³-hybridized carbons (Fsp3) is 0.565. The molecule has 0 bridgehead atoms. The molecule has 3 nitrogen and oxygen atoms in total. The highest BCUT2D eigenvalue weighted by Crippen LogP contribution is 2.43. The zero-order valence-corrected chi connectivity index (χ0v) is 19.5. The van der Waals surface area contributed by atoms with Gasteiger partial charge in [-0.3, -0.25) is 4.79 Å². The second-order valence-electron chi connectivity index (χ2n) is 9.63. The maximum atomic E-state index is 13.5. The number of Topliss-reactive ketones (excluding diaryl/α,β-unsaturated/α-hetero) is 1. The molecular weight excluding hydrogens is 422 g/mol. The average Bonchev–Trinajstić information content (AvgIpc) is 3.36. The molecule has 0 radical (unpaired) electrons. The van der Waals surface area contributed by atoms with Crippen LogP contribution in [0.1, 0.15) is 70.2 Å². The summed E-state index contributed by atoms with van der Waals surface area (Å²) in [5.41, 5.74) is 3.24. The number of hydrogen-bond acceptors (Lipinski definition) is 4. The number of H-pyrrole nitrogens is 1. The summed E-state index contributed by atoms with van der Waals surface area (Å²) in [5.74, 6) is -2.05. The van der Waals surface area contributed by atoms with E-state index in [4.69, 9.17) is 0 Å². The van der Waals surface area contributed by atoms with E-state index >= 15 is 0 Å². The summed E-state index contributed by atoms with van der Waals surface area (Å²) in [6, 6.07) is 0. The lowest BCUT2D eigenvalue weighted by Gasteiger charge is -2.32. The number of nitrogens with zero attached hydrogens (tertiary/aromatic N) is 1. The van der Waals surface area contributed by atoms with E-state index in [0.717, 1.165) is 17.1 Å². The Morgan fingerprint density at radius 3 is 2.57 bits per heavy atom. The smallest absolute Gasteiger partial charge is 0.248 e. The lowest BCUT2D eigenvalue weighted by atomic mass is 9.74. The number of fused-ring (bicyclic) bond motifs is 1. The summed E-state index contributed by atoms with van der Waals surface area (Å²) in [6.07, 6.45) is 2.42. The molecule has 3 aromatic heterocycles. The lowest BCUT2D eigenvalue weighted by molar-refractivity contribution is -0.128. The van der Waals surface area contributed by atoms with Crippen molar-refractivity contribution < 1.29 is 13.6 Å². The minimum Gasteiger partial charge on any atom is -0.342 e. The predicted molar refractivity (Wildman–Crippen MR) is 121 cm³/mol. The maximum Gasteiger partial charge on any atom is 0.248 e. The molecule has 162 valence electrons. The molecule has 0 spiro atoms. The average molecular weight is 451 g/mol. The summed E-state index contributed by atoms with van der Waals surface area (Å²) < 4.78 is 29.5. The van der Waals surface area contributed by atoms with Gasteiger partial charge in [0.15, 0.2) is 0 Å². The van der Waals surface area contributed by atoms with E-state index in [9.17, 15) is 13.6 Å². The Balaban J connectivity index is 1.56. The number of ketones is 1. The Morgan fingerprint density at radius 1 is 1.23 bits per heavy atom. The SMILES string of the molecule is Cc1csc2c(-c3cnc([C@@H](CC(=O)C4CCC(F)(F)CC4)C(C)(C)C)[nH]3)csc12. The van der Waals surface area contributed by atoms with Gasteiger partial charge < -0.3 is 4.98 Å². The fourth-order valence-corrected chi connectivity index (χ4v) is 6.67. The van der Waals surface area contributed by atoms with E-state index in [0.29, 0.717) is 6.42 Å². The number of thiophene rings is 2. The molecule has 0 aliphatic heterocycles. The van der Waals surface area contributed by atoms with Crippen molar-refractivity contribution in [3.63, 3.8) is 0 Å². The molecule has 3 aromatic rings. The van der Waals surface area contributed by atoms with Crippen molar-refractivity contribution in [2.24, 2.45) is 11.3 Å². The van der Waals surface area contributed by atoms with Gasteiger partial charge >= 0.3 is 0 Å². The van der Waals surface area contributed by atoms with Crippen molar-refractivity contribution in [3.8, 4) is 11.3 Å². The first-order chi connectivity index (χ1) is 14.0. The molecular formula is C23H28F2N2OS2. The highest BCUT2D eigenvalue weighted by molar-refractivity contribution is 7.27. The predicted octanol–water partition coefficient (Wildman–Crippen LogP) is 7.58. The molecule has 1 fully saturated rings. The van der Waals surface area contributed by atoms with Crippen LogP contribution in [0.2, 0.25) is 0 Å². The largest absolute Gasteiger partial charge is 0.342 e. The van der Waals surface area contributed by atoms with E-state index in [1.165, 1.54) is 15.0 Å². The Kier molecular flexibility index (Phi) is 5.64. The summed E-state index contributed by atoms with van der Waals surface area (Å²) >= 11 is 3.48. The van der Waals surface area contributed by atoms with Gasteiger partial charge in [-0.05, 0) is 36.1 Å². The molecule has 1 aliphatic rings. The summed E-state index contributed by atoms with van der Waals surface area (Å²) in [6.45, 7) is 8.44. The monoisotopic (exact) mass is 450 g/mol. The van der Waals surface area contributed by atoms with Gasteiger partial charge in [0.2, 0.25) is 5.92 Å². The number of nitrogens with one attached hydrogen (secondary N) is 1. The van der Waals surface area contributed by atoms with Crippen molar-refractivity contribution in [2.75, 3.05) is 0 Å². The van der Waals surface area contributed by atoms with Crippen LogP contribution in [0.15, 0.2) is 17.0 Å². The fourth-order valence-electron chi connectivity index (χ4n) is 4.32. The minimum atomic E-state index is -2.61. The van der Waals surface area contributed by atoms with Gasteiger partial charge in [-0.25, -0.2) is 13.8 Å². The number of carbonyl (C=O) groups excluding carboxylic acids is 1. The number of carbonyl (C=O) groups is 1. The zero-order chi connectivity index (χ0) is 21.7. The first-order valence-corrected chi connectivity index (χ1v) is 12.2. The van der Waals surface area contributed by atoms with Crippen LogP contribution in [0, 0.1) is 18.3 Å². The molecule has 0 amide bonds. The van der Waals surface area contributed by atoms with E-state index < -0.39 is 5.92 Å². The second kappa shape index (κ2) is 7.83. The van der Waals surface area contributed by atoms with Crippen LogP contribution in [-0.2, 0) is 4.79 Å². The van der Waals surface area contributed by atoms with Crippen LogP contribution in [0.3, 0.4) is 0 Å². The topological polar surface area (TPSA) is 45.8 Å². The summed E-state index contributed by atoms with van der Waals surface area (Å²) in [7, 11) is 0. The molecule has 0 aromatic carbocycles. The van der Waals surface area contributed by atoms with E-state index in [1.54, 1.807) is 22.7 Å². The third-order valence-electron chi connectivity index (χ3n) is 6.30. The van der Waals surface area contributed by atoms with E-state index in [1.807, 2.05) is 6.20 Å². The van der Waals surface area contributed by atoms with Crippen LogP contribution in [-0.4, -0.2) is 21.7 Å². The quantitative estimate of drug-likeness (QED) is 0.435. The second-order valence-corrected chi connectivity index (χ2v) is 11.4. The number of halogens is 2. The molecule has 7 heteroatoms. The highest BCUT2D eigenvalue weighted by atomic mass is 32.1. The Bertz CT molecular complexity index is 1050. The van der Waals surface area contributed by atoms with Gasteiger partial charge in [0, 0.05) is 46.7 Å². The van der Waals surface area contributed by atoms with Gasteiger partial charge in [-0.15, -0.1) is 22.7 Å². The Labute approximate surface area is 183 Å². The number of alkyl halides is 2. The molecule has 0 unspecified atom stereocenters. The molecule has 30 heavy (non-hydrogen) atoms. The van der Waals surface area contributed by atoms with E-state index in [2.05, 4.69) is 48.4 Å². The number of aryl methyl sites for hydroxylation is 1. The Morgan fingerprint density at radius 2 is 1.90 bits per heavy atom. The standard InChI is InChI=1S/C23H28F2N2OS2/c1-13-11-29-20-15(12-30-19(13)20)17-10-26-21(27-17)16(22(2,3)4)9-18(28)14-5-7-23(24,25)8-6-14/h10-12,14,16H,5-9H2,1-4H3,(H,26,27)/t16-/m1/s1. The first kappa shape index (κ1) is 21.6. The van der Waals surface area contributed by atoms with Crippen molar-refractivity contribution in [3.05, 3.63) is 28.3 Å². The molecule has 0 saturated heterocycles. The van der Waals surface area contributed by atoms with Crippen LogP contribution < -0.4 is 0 Å². The summed E-state index contributed by atoms with van der Waals surface area (Å²) in [5, 5.41) is 4.33. The van der Waals surface area contributed by atoms with Crippen LogP contribution in [0.5, 0.6) is 0 Å². The number of rotatable bonds is 5. The number of aromatic amines is 1. The normalized spacial score (nSPS) is 18.7. The van der Waals surface area contributed by atoms with Crippen molar-refractivity contribution in [2.45, 2.75) is 71.6 Å². The molecule has 1 aliphatic carbocycles. The molecule has 1 atom stereocenters. The number of aromatic nitrogens is 2. The Hall–Kier alpha value is -1.60. The maximum absolute atomic E-state index is 13.5. The molecule has 1 N–H and O–H groups in total. The van der Waals surface area contributed by atoms with Gasteiger partial charge in [0.25, 0.3) is 0 Å². The third kappa shape index (κ3) is 4.24. The molecule has 3 heterocycles. The number of imidazole rings is 1. The highest BCUT2D eigenvalue weighted by Gasteiger charge is 2.39. The van der Waals surface area contributed by atoms with Crippen molar-refractivity contribution in [1.82, 2.24) is 9.97 Å². The molecule has 4 rings (SSSR count).